The Morgan fingerprint density at radius 1 is 1.50 bits per heavy atom. The molecule has 1 aromatic carbocycles. The van der Waals surface area contributed by atoms with Gasteiger partial charge in [0.15, 0.2) is 0 Å². The van der Waals surface area contributed by atoms with E-state index in [2.05, 4.69) is 11.8 Å². The molecule has 0 radical (unpaired) electrons. The lowest BCUT2D eigenvalue weighted by Gasteiger charge is -2.36. The molecule has 5 heteroatoms. The Balaban J connectivity index is 2.41. The summed E-state index contributed by atoms with van der Waals surface area (Å²) >= 11 is 0. The lowest BCUT2D eigenvalue weighted by molar-refractivity contribution is -0.384. The maximum absolute atomic E-state index is 11.3. The van der Waals surface area contributed by atoms with E-state index in [1.807, 2.05) is 0 Å². The van der Waals surface area contributed by atoms with Crippen LogP contribution in [0, 0.1) is 10.1 Å². The van der Waals surface area contributed by atoms with Gasteiger partial charge in [-0.05, 0) is 44.2 Å². The third-order valence-corrected chi connectivity index (χ3v) is 4.09. The van der Waals surface area contributed by atoms with Crippen molar-refractivity contribution in [3.05, 3.63) is 33.9 Å². The first-order valence-corrected chi connectivity index (χ1v) is 7.27. The number of piperidine rings is 1. The van der Waals surface area contributed by atoms with Crippen molar-refractivity contribution in [3.8, 4) is 0 Å². The molecule has 0 aromatic heterocycles. The van der Waals surface area contributed by atoms with Crippen LogP contribution in [0.5, 0.6) is 0 Å². The summed E-state index contributed by atoms with van der Waals surface area (Å²) in [5.74, 6) is 0. The van der Waals surface area contributed by atoms with E-state index in [0.717, 1.165) is 25.8 Å². The van der Waals surface area contributed by atoms with Crippen LogP contribution >= 0.6 is 0 Å². The molecule has 1 fully saturated rings. The van der Waals surface area contributed by atoms with Crippen molar-refractivity contribution in [2.75, 3.05) is 11.4 Å². The van der Waals surface area contributed by atoms with Crippen LogP contribution in [0.3, 0.4) is 0 Å². The standard InChI is InChI=1S/C15H22N2O3/c1-3-13-6-4-5-9-16(13)14-8-7-12(11(2)18)10-15(14)17(19)20/h7-8,10-11,13,18H,3-6,9H2,1-2H3/t11-,13?/m1/s1. The Morgan fingerprint density at radius 3 is 2.85 bits per heavy atom. The molecule has 2 atom stereocenters. The van der Waals surface area contributed by atoms with E-state index < -0.39 is 6.10 Å². The van der Waals surface area contributed by atoms with Crippen molar-refractivity contribution < 1.29 is 10.0 Å². The zero-order valence-electron chi connectivity index (χ0n) is 12.1. The summed E-state index contributed by atoms with van der Waals surface area (Å²) in [6.07, 6.45) is 3.66. The summed E-state index contributed by atoms with van der Waals surface area (Å²) in [5.41, 5.74) is 1.38. The number of hydrogen-bond donors (Lipinski definition) is 1. The van der Waals surface area contributed by atoms with E-state index in [-0.39, 0.29) is 10.6 Å². The van der Waals surface area contributed by atoms with Crippen LogP contribution in [0.15, 0.2) is 18.2 Å². The summed E-state index contributed by atoms with van der Waals surface area (Å²) in [6, 6.07) is 5.45. The highest BCUT2D eigenvalue weighted by Gasteiger charge is 2.27. The van der Waals surface area contributed by atoms with Crippen LogP contribution < -0.4 is 4.90 Å². The molecule has 1 aliphatic rings. The van der Waals surface area contributed by atoms with E-state index in [9.17, 15) is 15.2 Å². The molecule has 1 aliphatic heterocycles. The van der Waals surface area contributed by atoms with Crippen LogP contribution in [0.25, 0.3) is 0 Å². The highest BCUT2D eigenvalue weighted by molar-refractivity contribution is 5.65. The van der Waals surface area contributed by atoms with Gasteiger partial charge in [-0.25, -0.2) is 0 Å². The molecule has 1 heterocycles. The van der Waals surface area contributed by atoms with Crippen molar-refractivity contribution in [2.24, 2.45) is 0 Å². The third kappa shape index (κ3) is 2.93. The van der Waals surface area contributed by atoms with Gasteiger partial charge in [0.1, 0.15) is 5.69 Å². The molecule has 0 spiro atoms. The molecule has 0 bridgehead atoms. The Morgan fingerprint density at radius 2 is 2.25 bits per heavy atom. The molecule has 1 unspecified atom stereocenters. The predicted octanol–water partition coefficient (Wildman–Crippen LogP) is 3.42. The molecule has 1 saturated heterocycles. The molecule has 1 N–H and O–H groups in total. The van der Waals surface area contributed by atoms with Crippen LogP contribution in [0.1, 0.15) is 51.2 Å². The number of nitro groups is 1. The number of rotatable bonds is 4. The summed E-state index contributed by atoms with van der Waals surface area (Å²) < 4.78 is 0. The maximum atomic E-state index is 11.3. The number of nitrogens with zero attached hydrogens (tertiary/aromatic N) is 2. The fourth-order valence-electron chi connectivity index (χ4n) is 2.93. The Kier molecular flexibility index (Phi) is 4.60. The topological polar surface area (TPSA) is 66.6 Å². The van der Waals surface area contributed by atoms with Gasteiger partial charge in [0, 0.05) is 18.7 Å². The minimum Gasteiger partial charge on any atom is -0.389 e. The normalized spacial score (nSPS) is 20.8. The molecule has 2 rings (SSSR count). The molecule has 0 aliphatic carbocycles. The van der Waals surface area contributed by atoms with Crippen molar-refractivity contribution in [3.63, 3.8) is 0 Å². The Bertz CT molecular complexity index is 488. The molecule has 20 heavy (non-hydrogen) atoms. The highest BCUT2D eigenvalue weighted by Crippen LogP contribution is 2.35. The minimum absolute atomic E-state index is 0.101. The van der Waals surface area contributed by atoms with Gasteiger partial charge in [-0.15, -0.1) is 0 Å². The highest BCUT2D eigenvalue weighted by atomic mass is 16.6. The van der Waals surface area contributed by atoms with Crippen LogP contribution in [0.4, 0.5) is 11.4 Å². The molecular formula is C15H22N2O3. The zero-order valence-corrected chi connectivity index (χ0v) is 12.1. The van der Waals surface area contributed by atoms with Gasteiger partial charge in [-0.2, -0.15) is 0 Å². The van der Waals surface area contributed by atoms with Crippen LogP contribution in [0.2, 0.25) is 0 Å². The van der Waals surface area contributed by atoms with E-state index in [1.165, 1.54) is 12.5 Å². The second kappa shape index (κ2) is 6.22. The molecule has 1 aromatic rings. The van der Waals surface area contributed by atoms with Gasteiger partial charge in [0.2, 0.25) is 0 Å². The van der Waals surface area contributed by atoms with E-state index >= 15 is 0 Å². The molecule has 5 nitrogen and oxygen atoms in total. The van der Waals surface area contributed by atoms with Crippen molar-refractivity contribution in [2.45, 2.75) is 51.7 Å². The first kappa shape index (κ1) is 14.8. The maximum Gasteiger partial charge on any atom is 0.292 e. The monoisotopic (exact) mass is 278 g/mol. The Labute approximate surface area is 119 Å². The smallest absolute Gasteiger partial charge is 0.292 e. The number of benzene rings is 1. The largest absolute Gasteiger partial charge is 0.389 e. The first-order valence-electron chi connectivity index (χ1n) is 7.27. The van der Waals surface area contributed by atoms with Crippen LogP contribution in [-0.2, 0) is 0 Å². The van der Waals surface area contributed by atoms with E-state index in [0.29, 0.717) is 17.3 Å². The van der Waals surface area contributed by atoms with Gasteiger partial charge in [0.25, 0.3) is 5.69 Å². The number of aliphatic hydroxyl groups excluding tert-OH is 1. The molecular weight excluding hydrogens is 256 g/mol. The SMILES string of the molecule is CCC1CCCCN1c1ccc([C@@H](C)O)cc1[N+](=O)[O-]. The summed E-state index contributed by atoms with van der Waals surface area (Å²) in [7, 11) is 0. The summed E-state index contributed by atoms with van der Waals surface area (Å²) in [6.45, 7) is 4.61. The lowest BCUT2D eigenvalue weighted by Crippen LogP contribution is -2.39. The van der Waals surface area contributed by atoms with Crippen LogP contribution in [-0.4, -0.2) is 22.6 Å². The zero-order chi connectivity index (χ0) is 14.7. The first-order chi connectivity index (χ1) is 9.54. The van der Waals surface area contributed by atoms with Gasteiger partial charge in [0.05, 0.1) is 11.0 Å². The van der Waals surface area contributed by atoms with Gasteiger partial charge in [-0.3, -0.25) is 10.1 Å². The molecule has 0 amide bonds. The molecule has 0 saturated carbocycles. The van der Waals surface area contributed by atoms with Gasteiger partial charge < -0.3 is 10.0 Å². The number of anilines is 1. The fourth-order valence-corrected chi connectivity index (χ4v) is 2.93. The average Bonchev–Trinajstić information content (AvgIpc) is 2.46. The third-order valence-electron chi connectivity index (χ3n) is 4.09. The second-order valence-corrected chi connectivity index (χ2v) is 5.43. The molecule has 110 valence electrons. The van der Waals surface area contributed by atoms with E-state index in [1.54, 1.807) is 19.1 Å². The van der Waals surface area contributed by atoms with E-state index in [4.69, 9.17) is 0 Å². The number of aliphatic hydroxyl groups is 1. The van der Waals surface area contributed by atoms with Crippen molar-refractivity contribution in [1.82, 2.24) is 0 Å². The lowest BCUT2D eigenvalue weighted by atomic mass is 9.98. The fraction of sp³-hybridized carbons (Fsp3) is 0.600. The summed E-state index contributed by atoms with van der Waals surface area (Å²) in [4.78, 5) is 13.1. The summed E-state index contributed by atoms with van der Waals surface area (Å²) in [5, 5.41) is 20.9. The van der Waals surface area contributed by atoms with Crippen molar-refractivity contribution >= 4 is 11.4 Å². The Hall–Kier alpha value is -1.62. The van der Waals surface area contributed by atoms with Gasteiger partial charge in [-0.1, -0.05) is 13.0 Å². The average molecular weight is 278 g/mol. The second-order valence-electron chi connectivity index (χ2n) is 5.43. The minimum atomic E-state index is -0.689. The number of nitro benzene ring substituents is 1. The van der Waals surface area contributed by atoms with Crippen molar-refractivity contribution in [1.29, 1.82) is 0 Å². The predicted molar refractivity (Wildman–Crippen MR) is 79.0 cm³/mol. The number of hydrogen-bond acceptors (Lipinski definition) is 4. The van der Waals surface area contributed by atoms with Gasteiger partial charge >= 0.3 is 0 Å². The quantitative estimate of drug-likeness (QED) is 0.677.